The third-order valence-corrected chi connectivity index (χ3v) is 5.00. The average Bonchev–Trinajstić information content (AvgIpc) is 2.99. The molecule has 3 rings (SSSR count). The monoisotopic (exact) mass is 409 g/mol. The van der Waals surface area contributed by atoms with E-state index in [0.717, 1.165) is 11.1 Å². The van der Waals surface area contributed by atoms with Crippen LogP contribution >= 0.6 is 0 Å². The molecule has 1 N–H and O–H groups in total. The van der Waals surface area contributed by atoms with E-state index in [1.807, 2.05) is 62.4 Å². The molecule has 0 radical (unpaired) electrons. The van der Waals surface area contributed by atoms with Gasteiger partial charge in [0.2, 0.25) is 0 Å². The van der Waals surface area contributed by atoms with E-state index in [2.05, 4.69) is 0 Å². The number of hydrogen-bond donors (Lipinski definition) is 1. The van der Waals surface area contributed by atoms with Crippen molar-refractivity contribution in [3.63, 3.8) is 0 Å². The zero-order valence-corrected chi connectivity index (χ0v) is 17.7. The Balaban J connectivity index is 1.97. The summed E-state index contributed by atoms with van der Waals surface area (Å²) in [6.45, 7) is 5.86. The van der Waals surface area contributed by atoms with E-state index in [-0.39, 0.29) is 30.4 Å². The Morgan fingerprint density at radius 3 is 2.20 bits per heavy atom. The van der Waals surface area contributed by atoms with Crippen molar-refractivity contribution in [2.45, 2.75) is 45.9 Å². The first-order valence-electron chi connectivity index (χ1n) is 10.0. The van der Waals surface area contributed by atoms with E-state index in [1.165, 1.54) is 4.90 Å². The van der Waals surface area contributed by atoms with Gasteiger partial charge in [0.1, 0.15) is 11.5 Å². The van der Waals surface area contributed by atoms with Crippen LogP contribution in [0.1, 0.15) is 44.4 Å². The van der Waals surface area contributed by atoms with Crippen molar-refractivity contribution in [2.24, 2.45) is 0 Å². The van der Waals surface area contributed by atoms with Gasteiger partial charge in [-0.2, -0.15) is 0 Å². The smallest absolute Gasteiger partial charge is 0.290 e. The molecule has 1 unspecified atom stereocenters. The molecule has 0 spiro atoms. The Kier molecular flexibility index (Phi) is 6.45. The van der Waals surface area contributed by atoms with Crippen LogP contribution in [0, 0.1) is 0 Å². The van der Waals surface area contributed by atoms with Crippen LogP contribution in [0.3, 0.4) is 0 Å². The summed E-state index contributed by atoms with van der Waals surface area (Å²) in [5.41, 5.74) is 1.76. The number of carbonyl (C=O) groups excluding carboxylic acids is 2. The lowest BCUT2D eigenvalue weighted by Gasteiger charge is -2.27. The van der Waals surface area contributed by atoms with Gasteiger partial charge in [-0.15, -0.1) is 0 Å². The fourth-order valence-corrected chi connectivity index (χ4v) is 3.57. The quantitative estimate of drug-likeness (QED) is 0.701. The molecule has 0 aliphatic carbocycles. The van der Waals surface area contributed by atoms with E-state index >= 15 is 0 Å². The molecule has 1 amide bonds. The zero-order valence-electron chi connectivity index (χ0n) is 17.7. The number of nitrogens with zero attached hydrogens (tertiary/aromatic N) is 1. The van der Waals surface area contributed by atoms with Gasteiger partial charge in [0.15, 0.2) is 11.5 Å². The topological polar surface area (TPSA) is 76.1 Å². The Morgan fingerprint density at radius 2 is 1.67 bits per heavy atom. The zero-order chi connectivity index (χ0) is 21.8. The third kappa shape index (κ3) is 4.32. The maximum absolute atomic E-state index is 12.9. The molecule has 6 nitrogen and oxygen atoms in total. The standard InChI is InChI=1S/C24H27NO5/c1-5-20(26)21-22(17-8-12-19(13-9-17)30-15(2)3)25(24(28)23(21)27)14-16-6-10-18(29-4)11-7-16/h6-13,15,22,27H,5,14H2,1-4H3. The number of aliphatic hydroxyl groups is 1. The van der Waals surface area contributed by atoms with Crippen molar-refractivity contribution in [3.8, 4) is 11.5 Å². The van der Waals surface area contributed by atoms with E-state index in [0.29, 0.717) is 11.5 Å². The van der Waals surface area contributed by atoms with Crippen LogP contribution in [0.4, 0.5) is 0 Å². The minimum atomic E-state index is -0.653. The Bertz CT molecular complexity index is 945. The molecular weight excluding hydrogens is 382 g/mol. The second-order valence-corrected chi connectivity index (χ2v) is 7.46. The van der Waals surface area contributed by atoms with Crippen LogP contribution in [-0.2, 0) is 16.1 Å². The summed E-state index contributed by atoms with van der Waals surface area (Å²) in [4.78, 5) is 27.0. The summed E-state index contributed by atoms with van der Waals surface area (Å²) in [5.74, 6) is 0.159. The van der Waals surface area contributed by atoms with Crippen molar-refractivity contribution < 1.29 is 24.2 Å². The lowest BCUT2D eigenvalue weighted by Crippen LogP contribution is -2.30. The maximum atomic E-state index is 12.9. The van der Waals surface area contributed by atoms with E-state index in [1.54, 1.807) is 14.0 Å². The SMILES string of the molecule is CCC(=O)C1=C(O)C(=O)N(Cc2ccc(OC)cc2)C1c1ccc(OC(C)C)cc1. The van der Waals surface area contributed by atoms with Gasteiger partial charge in [-0.25, -0.2) is 0 Å². The first-order chi connectivity index (χ1) is 14.3. The second kappa shape index (κ2) is 9.03. The summed E-state index contributed by atoms with van der Waals surface area (Å²) in [7, 11) is 1.59. The Morgan fingerprint density at radius 1 is 1.07 bits per heavy atom. The molecule has 158 valence electrons. The number of carbonyl (C=O) groups is 2. The number of ether oxygens (including phenoxy) is 2. The van der Waals surface area contributed by atoms with Crippen molar-refractivity contribution in [2.75, 3.05) is 7.11 Å². The number of rotatable bonds is 8. The number of benzene rings is 2. The minimum Gasteiger partial charge on any atom is -0.503 e. The van der Waals surface area contributed by atoms with Gasteiger partial charge in [-0.3, -0.25) is 9.59 Å². The van der Waals surface area contributed by atoms with Gasteiger partial charge in [-0.1, -0.05) is 31.2 Å². The first-order valence-corrected chi connectivity index (χ1v) is 10.0. The predicted octanol–water partition coefficient (Wildman–Crippen LogP) is 4.36. The van der Waals surface area contributed by atoms with E-state index in [9.17, 15) is 14.7 Å². The highest BCUT2D eigenvalue weighted by atomic mass is 16.5. The number of hydrogen-bond acceptors (Lipinski definition) is 5. The van der Waals surface area contributed by atoms with Gasteiger partial charge >= 0.3 is 0 Å². The molecule has 0 bridgehead atoms. The van der Waals surface area contributed by atoms with Crippen molar-refractivity contribution in [1.29, 1.82) is 0 Å². The highest BCUT2D eigenvalue weighted by Crippen LogP contribution is 2.39. The van der Waals surface area contributed by atoms with Crippen LogP contribution in [-0.4, -0.2) is 34.9 Å². The number of Topliss-reactive ketones (excluding diaryl/α,β-unsaturated/α-hetero) is 1. The fraction of sp³-hybridized carbons (Fsp3) is 0.333. The highest BCUT2D eigenvalue weighted by molar-refractivity contribution is 6.08. The van der Waals surface area contributed by atoms with E-state index < -0.39 is 17.7 Å². The number of methoxy groups -OCH3 is 1. The lowest BCUT2D eigenvalue weighted by molar-refractivity contribution is -0.130. The minimum absolute atomic E-state index is 0.0386. The highest BCUT2D eigenvalue weighted by Gasteiger charge is 2.42. The average molecular weight is 409 g/mol. The van der Waals surface area contributed by atoms with E-state index in [4.69, 9.17) is 9.47 Å². The second-order valence-electron chi connectivity index (χ2n) is 7.46. The maximum Gasteiger partial charge on any atom is 0.290 e. The third-order valence-electron chi connectivity index (χ3n) is 5.00. The largest absolute Gasteiger partial charge is 0.503 e. The molecule has 0 aromatic heterocycles. The summed E-state index contributed by atoms with van der Waals surface area (Å²) in [5, 5.41) is 10.5. The predicted molar refractivity (Wildman–Crippen MR) is 113 cm³/mol. The Hall–Kier alpha value is -3.28. The molecule has 1 heterocycles. The molecule has 2 aromatic rings. The normalized spacial score (nSPS) is 16.4. The summed E-state index contributed by atoms with van der Waals surface area (Å²) in [6, 6.07) is 14.0. The molecule has 1 aliphatic rings. The van der Waals surface area contributed by atoms with Crippen molar-refractivity contribution in [1.82, 2.24) is 4.90 Å². The number of aliphatic hydroxyl groups excluding tert-OH is 1. The number of amides is 1. The molecule has 6 heteroatoms. The van der Waals surface area contributed by atoms with Gasteiger partial charge in [0, 0.05) is 13.0 Å². The van der Waals surface area contributed by atoms with Crippen LogP contribution in [0.15, 0.2) is 59.9 Å². The van der Waals surface area contributed by atoms with Crippen molar-refractivity contribution >= 4 is 11.7 Å². The molecule has 0 fully saturated rings. The Labute approximate surface area is 176 Å². The van der Waals surface area contributed by atoms with Gasteiger partial charge in [0.05, 0.1) is 24.8 Å². The molecule has 2 aromatic carbocycles. The molecule has 0 saturated carbocycles. The molecule has 30 heavy (non-hydrogen) atoms. The van der Waals surface area contributed by atoms with Crippen molar-refractivity contribution in [3.05, 3.63) is 71.0 Å². The molecule has 0 saturated heterocycles. The first kappa shape index (κ1) is 21.4. The van der Waals surface area contributed by atoms with Crippen LogP contribution < -0.4 is 9.47 Å². The summed E-state index contributed by atoms with van der Waals surface area (Å²) >= 11 is 0. The molecule has 1 aliphatic heterocycles. The van der Waals surface area contributed by atoms with Gasteiger partial charge in [-0.05, 0) is 49.2 Å². The van der Waals surface area contributed by atoms with Crippen LogP contribution in [0.2, 0.25) is 0 Å². The fourth-order valence-electron chi connectivity index (χ4n) is 3.57. The number of ketones is 1. The summed E-state index contributed by atoms with van der Waals surface area (Å²) < 4.78 is 10.9. The molecule has 1 atom stereocenters. The lowest BCUT2D eigenvalue weighted by atomic mass is 9.95. The summed E-state index contributed by atoms with van der Waals surface area (Å²) in [6.07, 6.45) is 0.241. The van der Waals surface area contributed by atoms with Crippen LogP contribution in [0.25, 0.3) is 0 Å². The van der Waals surface area contributed by atoms with Gasteiger partial charge < -0.3 is 19.5 Å². The molecular formula is C24H27NO5. The van der Waals surface area contributed by atoms with Crippen LogP contribution in [0.5, 0.6) is 11.5 Å². The van der Waals surface area contributed by atoms with Gasteiger partial charge in [0.25, 0.3) is 5.91 Å².